The first kappa shape index (κ1) is 20.8. The van der Waals surface area contributed by atoms with Crippen molar-refractivity contribution < 1.29 is 18.9 Å². The molecule has 5 nitrogen and oxygen atoms in total. The van der Waals surface area contributed by atoms with Crippen molar-refractivity contribution in [2.24, 2.45) is 5.41 Å². The molecular formula is C22H35NO4. The molecule has 3 rings (SSSR count). The van der Waals surface area contributed by atoms with Gasteiger partial charge in [0.25, 0.3) is 0 Å². The Labute approximate surface area is 164 Å². The van der Waals surface area contributed by atoms with Gasteiger partial charge >= 0.3 is 0 Å². The molecule has 152 valence electrons. The molecule has 2 fully saturated rings. The molecule has 1 saturated heterocycles. The standard InChI is InChI=1S/C22H35NO4/c1-8-24-16(3)25-21(14-23)11-10-18-22(27-20(6,7)26-18)12-9-15(2)17(13-21)19(22,4)5/h16,18H,8-13H2,1-7H3/t16?,18-,21?,22+/m0/s1. The third kappa shape index (κ3) is 3.35. The first-order valence-corrected chi connectivity index (χ1v) is 10.3. The van der Waals surface area contributed by atoms with Crippen LogP contribution >= 0.6 is 0 Å². The van der Waals surface area contributed by atoms with Gasteiger partial charge in [-0.15, -0.1) is 0 Å². The van der Waals surface area contributed by atoms with Gasteiger partial charge in [-0.1, -0.05) is 25.0 Å². The van der Waals surface area contributed by atoms with Gasteiger partial charge in [0, 0.05) is 18.4 Å². The van der Waals surface area contributed by atoms with E-state index in [1.165, 1.54) is 11.1 Å². The predicted molar refractivity (Wildman–Crippen MR) is 103 cm³/mol. The molecule has 5 heteroatoms. The van der Waals surface area contributed by atoms with Crippen LogP contribution in [0.25, 0.3) is 0 Å². The quantitative estimate of drug-likeness (QED) is 0.517. The molecule has 2 bridgehead atoms. The summed E-state index contributed by atoms with van der Waals surface area (Å²) >= 11 is 0. The predicted octanol–water partition coefficient (Wildman–Crippen LogP) is 4.86. The topological polar surface area (TPSA) is 60.7 Å². The van der Waals surface area contributed by atoms with Gasteiger partial charge in [-0.3, -0.25) is 0 Å². The van der Waals surface area contributed by atoms with Crippen LogP contribution in [0.2, 0.25) is 0 Å². The van der Waals surface area contributed by atoms with Crippen molar-refractivity contribution in [1.82, 2.24) is 0 Å². The van der Waals surface area contributed by atoms with E-state index in [1.807, 2.05) is 27.7 Å². The molecule has 1 saturated carbocycles. The molecule has 1 spiro atoms. The fraction of sp³-hybridized carbons (Fsp3) is 0.864. The molecule has 1 heterocycles. The Bertz CT molecular complexity index is 662. The van der Waals surface area contributed by atoms with E-state index in [0.717, 1.165) is 19.3 Å². The van der Waals surface area contributed by atoms with Crippen LogP contribution in [0.1, 0.15) is 80.6 Å². The summed E-state index contributed by atoms with van der Waals surface area (Å²) in [5, 5.41) is 10.1. The smallest absolute Gasteiger partial charge is 0.164 e. The van der Waals surface area contributed by atoms with E-state index in [2.05, 4.69) is 26.8 Å². The fourth-order valence-electron chi connectivity index (χ4n) is 5.54. The second kappa shape index (κ2) is 6.84. The highest BCUT2D eigenvalue weighted by Crippen LogP contribution is 2.60. The molecule has 4 atom stereocenters. The normalized spacial score (nSPS) is 38.5. The van der Waals surface area contributed by atoms with Gasteiger partial charge in [0.15, 0.2) is 17.7 Å². The fourth-order valence-corrected chi connectivity index (χ4v) is 5.54. The van der Waals surface area contributed by atoms with E-state index in [-0.39, 0.29) is 17.1 Å². The molecule has 27 heavy (non-hydrogen) atoms. The summed E-state index contributed by atoms with van der Waals surface area (Å²) in [7, 11) is 0. The van der Waals surface area contributed by atoms with E-state index in [4.69, 9.17) is 18.9 Å². The third-order valence-electron chi connectivity index (χ3n) is 6.84. The van der Waals surface area contributed by atoms with Gasteiger partial charge in [-0.25, -0.2) is 0 Å². The Morgan fingerprint density at radius 2 is 1.96 bits per heavy atom. The molecule has 0 aromatic carbocycles. The highest BCUT2D eigenvalue weighted by molar-refractivity contribution is 5.34. The average molecular weight is 378 g/mol. The van der Waals surface area contributed by atoms with Crippen LogP contribution in [0, 0.1) is 16.7 Å². The zero-order valence-corrected chi connectivity index (χ0v) is 18.0. The molecule has 0 amide bonds. The second-order valence-corrected chi connectivity index (χ2v) is 9.34. The second-order valence-electron chi connectivity index (χ2n) is 9.34. The number of hydrogen-bond donors (Lipinski definition) is 0. The zero-order chi connectivity index (χ0) is 20.1. The Morgan fingerprint density at radius 3 is 2.59 bits per heavy atom. The van der Waals surface area contributed by atoms with Crippen molar-refractivity contribution in [2.45, 2.75) is 110 Å². The summed E-state index contributed by atoms with van der Waals surface area (Å²) < 4.78 is 24.8. The van der Waals surface area contributed by atoms with E-state index in [9.17, 15) is 5.26 Å². The van der Waals surface area contributed by atoms with Crippen LogP contribution in [-0.4, -0.2) is 36.0 Å². The van der Waals surface area contributed by atoms with Crippen molar-refractivity contribution in [1.29, 1.82) is 5.26 Å². The SMILES string of the molecule is CCOC(C)OC1(C#N)CC[C@@H]2OC(C)(C)O[C@]23CCC(C)=C(C1)C3(C)C. The van der Waals surface area contributed by atoms with Crippen LogP contribution in [0.3, 0.4) is 0 Å². The maximum atomic E-state index is 10.1. The summed E-state index contributed by atoms with van der Waals surface area (Å²) in [4.78, 5) is 0. The minimum Gasteiger partial charge on any atom is -0.353 e. The van der Waals surface area contributed by atoms with Crippen molar-refractivity contribution in [2.75, 3.05) is 6.61 Å². The van der Waals surface area contributed by atoms with Crippen molar-refractivity contribution in [3.8, 4) is 6.07 Å². The Morgan fingerprint density at radius 1 is 1.26 bits per heavy atom. The number of nitrogens with zero attached hydrogens (tertiary/aromatic N) is 1. The molecule has 2 aliphatic carbocycles. The number of ether oxygens (including phenoxy) is 4. The molecule has 1 aliphatic heterocycles. The Hall–Kier alpha value is -0.930. The lowest BCUT2D eigenvalue weighted by Crippen LogP contribution is -2.58. The monoisotopic (exact) mass is 377 g/mol. The first-order chi connectivity index (χ1) is 12.5. The number of rotatable bonds is 4. The molecule has 2 unspecified atom stereocenters. The minimum atomic E-state index is -0.901. The Balaban J connectivity index is 2.05. The first-order valence-electron chi connectivity index (χ1n) is 10.3. The van der Waals surface area contributed by atoms with Crippen LogP contribution < -0.4 is 0 Å². The molecule has 0 aromatic rings. The zero-order valence-electron chi connectivity index (χ0n) is 18.0. The number of fused-ring (bicyclic) bond motifs is 1. The largest absolute Gasteiger partial charge is 0.353 e. The maximum Gasteiger partial charge on any atom is 0.164 e. The number of nitriles is 1. The third-order valence-corrected chi connectivity index (χ3v) is 6.84. The molecule has 0 radical (unpaired) electrons. The lowest BCUT2D eigenvalue weighted by Gasteiger charge is -2.54. The van der Waals surface area contributed by atoms with Gasteiger partial charge in [0.2, 0.25) is 0 Å². The van der Waals surface area contributed by atoms with Crippen molar-refractivity contribution in [3.63, 3.8) is 0 Å². The van der Waals surface area contributed by atoms with Crippen LogP contribution in [0.15, 0.2) is 11.1 Å². The molecular weight excluding hydrogens is 342 g/mol. The Kier molecular flexibility index (Phi) is 5.27. The summed E-state index contributed by atoms with van der Waals surface area (Å²) in [5.41, 5.74) is 1.16. The highest BCUT2D eigenvalue weighted by Gasteiger charge is 2.64. The van der Waals surface area contributed by atoms with Crippen molar-refractivity contribution in [3.05, 3.63) is 11.1 Å². The minimum absolute atomic E-state index is 0.0513. The van der Waals surface area contributed by atoms with E-state index >= 15 is 0 Å². The summed E-state index contributed by atoms with van der Waals surface area (Å²) in [6.07, 6.45) is 3.41. The van der Waals surface area contributed by atoms with Gasteiger partial charge in [-0.2, -0.15) is 5.26 Å². The lowest BCUT2D eigenvalue weighted by molar-refractivity contribution is -0.195. The van der Waals surface area contributed by atoms with Gasteiger partial charge in [0.05, 0.1) is 12.2 Å². The van der Waals surface area contributed by atoms with Gasteiger partial charge in [-0.05, 0) is 60.3 Å². The van der Waals surface area contributed by atoms with Crippen LogP contribution in [0.5, 0.6) is 0 Å². The van der Waals surface area contributed by atoms with E-state index < -0.39 is 17.7 Å². The van der Waals surface area contributed by atoms with E-state index in [1.54, 1.807) is 0 Å². The van der Waals surface area contributed by atoms with Gasteiger partial charge < -0.3 is 18.9 Å². The highest BCUT2D eigenvalue weighted by atomic mass is 16.8. The van der Waals surface area contributed by atoms with Crippen LogP contribution in [0.4, 0.5) is 0 Å². The number of allylic oxidation sites excluding steroid dienone is 1. The van der Waals surface area contributed by atoms with Crippen LogP contribution in [-0.2, 0) is 18.9 Å². The summed E-state index contributed by atoms with van der Waals surface area (Å²) in [6.45, 7) is 15.1. The molecule has 0 N–H and O–H groups in total. The number of hydrogen-bond acceptors (Lipinski definition) is 5. The molecule has 0 aromatic heterocycles. The van der Waals surface area contributed by atoms with Gasteiger partial charge in [0.1, 0.15) is 5.60 Å². The van der Waals surface area contributed by atoms with Crippen molar-refractivity contribution >= 4 is 0 Å². The maximum absolute atomic E-state index is 10.1. The van der Waals surface area contributed by atoms with E-state index in [0.29, 0.717) is 19.4 Å². The summed E-state index contributed by atoms with van der Waals surface area (Å²) in [6, 6.07) is 2.50. The molecule has 3 aliphatic rings. The average Bonchev–Trinajstić information content (AvgIpc) is 2.85. The lowest BCUT2D eigenvalue weighted by atomic mass is 9.56. The summed E-state index contributed by atoms with van der Waals surface area (Å²) in [5.74, 6) is -0.614.